The van der Waals surface area contributed by atoms with Gasteiger partial charge in [-0.3, -0.25) is 0 Å². The standard InChI is InChI=1S/C14H24N2/c1-9(2)8-16-10(3)5-13(11(16)4)14-6-12(14)7-15/h5,9,12,14H,6-8,15H2,1-4H3/t12-,14+/m0/s1. The lowest BCUT2D eigenvalue weighted by molar-refractivity contribution is 0.508. The van der Waals surface area contributed by atoms with E-state index in [1.807, 2.05) is 0 Å². The van der Waals surface area contributed by atoms with Gasteiger partial charge in [0.2, 0.25) is 0 Å². The second-order valence-corrected chi connectivity index (χ2v) is 5.67. The minimum Gasteiger partial charge on any atom is -0.349 e. The van der Waals surface area contributed by atoms with Crippen molar-refractivity contribution in [2.24, 2.45) is 17.6 Å². The minimum absolute atomic E-state index is 0.710. The van der Waals surface area contributed by atoms with Gasteiger partial charge in [-0.1, -0.05) is 13.8 Å². The molecule has 1 aromatic heterocycles. The van der Waals surface area contributed by atoms with E-state index >= 15 is 0 Å². The summed E-state index contributed by atoms with van der Waals surface area (Å²) >= 11 is 0. The molecule has 1 saturated carbocycles. The van der Waals surface area contributed by atoms with Gasteiger partial charge in [-0.15, -0.1) is 0 Å². The molecule has 0 amide bonds. The zero-order valence-electron chi connectivity index (χ0n) is 11.0. The van der Waals surface area contributed by atoms with Gasteiger partial charge in [-0.05, 0) is 56.2 Å². The Bertz CT molecular complexity index is 376. The van der Waals surface area contributed by atoms with Crippen molar-refractivity contribution < 1.29 is 0 Å². The van der Waals surface area contributed by atoms with Crippen LogP contribution in [0.3, 0.4) is 0 Å². The Morgan fingerprint density at radius 3 is 2.62 bits per heavy atom. The van der Waals surface area contributed by atoms with Gasteiger partial charge in [-0.25, -0.2) is 0 Å². The SMILES string of the molecule is Cc1cc([C@@H]2C[C@H]2CN)c(C)n1CC(C)C. The first-order chi connectivity index (χ1) is 7.54. The molecule has 1 aromatic rings. The van der Waals surface area contributed by atoms with Crippen LogP contribution in [0.1, 0.15) is 43.1 Å². The van der Waals surface area contributed by atoms with Gasteiger partial charge in [0.15, 0.2) is 0 Å². The molecule has 1 aliphatic rings. The van der Waals surface area contributed by atoms with Crippen molar-refractivity contribution in [1.29, 1.82) is 0 Å². The second-order valence-electron chi connectivity index (χ2n) is 5.67. The summed E-state index contributed by atoms with van der Waals surface area (Å²) in [7, 11) is 0. The Kier molecular flexibility index (Phi) is 3.11. The van der Waals surface area contributed by atoms with Crippen molar-refractivity contribution in [3.05, 3.63) is 23.0 Å². The minimum atomic E-state index is 0.710. The average Bonchev–Trinajstić information content (AvgIpc) is 2.95. The van der Waals surface area contributed by atoms with Crippen LogP contribution in [0.5, 0.6) is 0 Å². The van der Waals surface area contributed by atoms with E-state index in [1.54, 1.807) is 5.56 Å². The van der Waals surface area contributed by atoms with E-state index in [2.05, 4.69) is 38.3 Å². The van der Waals surface area contributed by atoms with Crippen LogP contribution in [0.25, 0.3) is 0 Å². The average molecular weight is 220 g/mol. The Morgan fingerprint density at radius 2 is 2.12 bits per heavy atom. The molecule has 2 atom stereocenters. The maximum Gasteiger partial charge on any atom is 0.0247 e. The van der Waals surface area contributed by atoms with E-state index in [0.717, 1.165) is 24.9 Å². The van der Waals surface area contributed by atoms with Crippen molar-refractivity contribution in [2.75, 3.05) is 6.54 Å². The molecule has 2 N–H and O–H groups in total. The van der Waals surface area contributed by atoms with Crippen molar-refractivity contribution in [3.8, 4) is 0 Å². The molecule has 0 radical (unpaired) electrons. The van der Waals surface area contributed by atoms with Crippen LogP contribution in [0.15, 0.2) is 6.07 Å². The summed E-state index contributed by atoms with van der Waals surface area (Å²) in [5, 5.41) is 0. The molecule has 0 aromatic carbocycles. The number of hydrogen-bond donors (Lipinski definition) is 1. The molecule has 0 unspecified atom stereocenters. The predicted molar refractivity (Wildman–Crippen MR) is 68.6 cm³/mol. The summed E-state index contributed by atoms with van der Waals surface area (Å²) in [6.45, 7) is 11.0. The summed E-state index contributed by atoms with van der Waals surface area (Å²) in [6, 6.07) is 2.37. The van der Waals surface area contributed by atoms with Crippen molar-refractivity contribution in [3.63, 3.8) is 0 Å². The molecule has 0 bridgehead atoms. The summed E-state index contributed by atoms with van der Waals surface area (Å²) in [5.41, 5.74) is 10.2. The van der Waals surface area contributed by atoms with Crippen LogP contribution in [0.2, 0.25) is 0 Å². The number of nitrogens with zero attached hydrogens (tertiary/aromatic N) is 1. The van der Waals surface area contributed by atoms with E-state index in [1.165, 1.54) is 17.8 Å². The van der Waals surface area contributed by atoms with Crippen LogP contribution in [-0.2, 0) is 6.54 Å². The maximum absolute atomic E-state index is 5.73. The van der Waals surface area contributed by atoms with E-state index in [0.29, 0.717) is 5.92 Å². The lowest BCUT2D eigenvalue weighted by Crippen LogP contribution is -2.08. The molecule has 1 heterocycles. The molecule has 90 valence electrons. The Morgan fingerprint density at radius 1 is 1.44 bits per heavy atom. The highest BCUT2D eigenvalue weighted by atomic mass is 15.0. The van der Waals surface area contributed by atoms with Gasteiger partial charge in [-0.2, -0.15) is 0 Å². The Labute approximate surface area is 98.8 Å². The highest BCUT2D eigenvalue weighted by Gasteiger charge is 2.38. The molecule has 16 heavy (non-hydrogen) atoms. The third-order valence-electron chi connectivity index (χ3n) is 3.79. The number of nitrogens with two attached hydrogens (primary N) is 1. The van der Waals surface area contributed by atoms with Crippen LogP contribution in [0.4, 0.5) is 0 Å². The summed E-state index contributed by atoms with van der Waals surface area (Å²) in [4.78, 5) is 0. The fourth-order valence-electron chi connectivity index (χ4n) is 2.74. The van der Waals surface area contributed by atoms with Crippen LogP contribution < -0.4 is 5.73 Å². The van der Waals surface area contributed by atoms with Gasteiger partial charge in [0.05, 0.1) is 0 Å². The zero-order chi connectivity index (χ0) is 11.9. The monoisotopic (exact) mass is 220 g/mol. The number of rotatable bonds is 4. The molecule has 0 spiro atoms. The lowest BCUT2D eigenvalue weighted by atomic mass is 10.1. The molecular weight excluding hydrogens is 196 g/mol. The lowest BCUT2D eigenvalue weighted by Gasteiger charge is -2.12. The summed E-state index contributed by atoms with van der Waals surface area (Å²) in [5.74, 6) is 2.20. The summed E-state index contributed by atoms with van der Waals surface area (Å²) in [6.07, 6.45) is 1.29. The highest BCUT2D eigenvalue weighted by molar-refractivity contribution is 5.34. The largest absolute Gasteiger partial charge is 0.349 e. The Balaban J connectivity index is 2.22. The highest BCUT2D eigenvalue weighted by Crippen LogP contribution is 2.48. The molecule has 2 nitrogen and oxygen atoms in total. The van der Waals surface area contributed by atoms with Gasteiger partial charge >= 0.3 is 0 Å². The molecule has 1 fully saturated rings. The smallest absolute Gasteiger partial charge is 0.0247 e. The number of hydrogen-bond acceptors (Lipinski definition) is 1. The molecular formula is C14H24N2. The van der Waals surface area contributed by atoms with Gasteiger partial charge in [0.25, 0.3) is 0 Å². The molecule has 1 aliphatic carbocycles. The van der Waals surface area contributed by atoms with E-state index in [9.17, 15) is 0 Å². The first-order valence-corrected chi connectivity index (χ1v) is 6.41. The second kappa shape index (κ2) is 4.25. The number of aryl methyl sites for hydroxylation is 1. The first-order valence-electron chi connectivity index (χ1n) is 6.41. The van der Waals surface area contributed by atoms with E-state index in [-0.39, 0.29) is 0 Å². The fraction of sp³-hybridized carbons (Fsp3) is 0.714. The van der Waals surface area contributed by atoms with E-state index < -0.39 is 0 Å². The topological polar surface area (TPSA) is 30.9 Å². The predicted octanol–water partition coefficient (Wildman–Crippen LogP) is 2.82. The zero-order valence-corrected chi connectivity index (χ0v) is 11.0. The van der Waals surface area contributed by atoms with Gasteiger partial charge in [0.1, 0.15) is 0 Å². The van der Waals surface area contributed by atoms with Gasteiger partial charge < -0.3 is 10.3 Å². The summed E-state index contributed by atoms with van der Waals surface area (Å²) < 4.78 is 2.46. The van der Waals surface area contributed by atoms with Crippen LogP contribution in [0, 0.1) is 25.7 Å². The molecule has 0 saturated heterocycles. The van der Waals surface area contributed by atoms with Crippen molar-refractivity contribution in [1.82, 2.24) is 4.57 Å². The van der Waals surface area contributed by atoms with Gasteiger partial charge in [0, 0.05) is 17.9 Å². The first kappa shape index (κ1) is 11.7. The third-order valence-corrected chi connectivity index (χ3v) is 3.79. The fourth-order valence-corrected chi connectivity index (χ4v) is 2.74. The van der Waals surface area contributed by atoms with E-state index in [4.69, 9.17) is 5.73 Å². The van der Waals surface area contributed by atoms with Crippen LogP contribution >= 0.6 is 0 Å². The Hall–Kier alpha value is -0.760. The number of aromatic nitrogens is 1. The molecule has 2 rings (SSSR count). The molecule has 0 aliphatic heterocycles. The quantitative estimate of drug-likeness (QED) is 0.831. The van der Waals surface area contributed by atoms with Crippen molar-refractivity contribution >= 4 is 0 Å². The maximum atomic E-state index is 5.73. The molecule has 2 heteroatoms. The normalized spacial score (nSPS) is 24.1. The van der Waals surface area contributed by atoms with Crippen molar-refractivity contribution in [2.45, 2.75) is 46.6 Å². The third kappa shape index (κ3) is 2.03. The van der Waals surface area contributed by atoms with Crippen LogP contribution in [-0.4, -0.2) is 11.1 Å².